The summed E-state index contributed by atoms with van der Waals surface area (Å²) in [5, 5.41) is 11.5. The molecule has 0 radical (unpaired) electrons. The van der Waals surface area contributed by atoms with Gasteiger partial charge in [-0.25, -0.2) is 8.42 Å². The Hall–Kier alpha value is -1.91. The van der Waals surface area contributed by atoms with Crippen molar-refractivity contribution in [2.24, 2.45) is 0 Å². The van der Waals surface area contributed by atoms with E-state index in [1.54, 1.807) is 12.1 Å². The van der Waals surface area contributed by atoms with E-state index < -0.39 is 15.9 Å². The number of halogens is 4. The molecule has 206 valence electrons. The van der Waals surface area contributed by atoms with Crippen molar-refractivity contribution in [1.29, 1.82) is 0 Å². The van der Waals surface area contributed by atoms with Gasteiger partial charge in [-0.1, -0.05) is 46.9 Å². The lowest BCUT2D eigenvalue weighted by molar-refractivity contribution is 0.0653. The summed E-state index contributed by atoms with van der Waals surface area (Å²) in [5.41, 5.74) is 0.994. The van der Waals surface area contributed by atoms with Crippen LogP contribution >= 0.6 is 47.2 Å². The second-order valence-corrected chi connectivity index (χ2v) is 11.7. The SMILES string of the molecule is COc1ccc(S(=O)(=O)c2ccc(Cl)c(Cl)c2OCC(O)CN2CCN(c3ccccc3Cl)CC2)cc1.Cl. The molecule has 1 heterocycles. The first-order valence-electron chi connectivity index (χ1n) is 11.6. The molecule has 7 nitrogen and oxygen atoms in total. The Morgan fingerprint density at radius 2 is 1.58 bits per heavy atom. The van der Waals surface area contributed by atoms with Crippen molar-refractivity contribution < 1.29 is 23.0 Å². The highest BCUT2D eigenvalue weighted by atomic mass is 35.5. The highest BCUT2D eigenvalue weighted by Crippen LogP contribution is 2.40. The fourth-order valence-corrected chi connectivity index (χ4v) is 6.23. The smallest absolute Gasteiger partial charge is 0.210 e. The quantitative estimate of drug-likeness (QED) is 0.339. The molecule has 1 saturated heterocycles. The van der Waals surface area contributed by atoms with Gasteiger partial charge in [-0.3, -0.25) is 4.90 Å². The first-order valence-corrected chi connectivity index (χ1v) is 14.2. The number of piperazine rings is 1. The fraction of sp³-hybridized carbons (Fsp3) is 0.308. The minimum atomic E-state index is -3.98. The zero-order valence-electron chi connectivity index (χ0n) is 20.5. The molecule has 0 spiro atoms. The van der Waals surface area contributed by atoms with Crippen LogP contribution in [0, 0.1) is 0 Å². The van der Waals surface area contributed by atoms with Gasteiger partial charge in [0.25, 0.3) is 0 Å². The Labute approximate surface area is 244 Å². The van der Waals surface area contributed by atoms with Crippen LogP contribution in [0.4, 0.5) is 5.69 Å². The van der Waals surface area contributed by atoms with Crippen molar-refractivity contribution in [3.05, 3.63) is 75.7 Å². The maximum Gasteiger partial charge on any atom is 0.210 e. The molecule has 3 aromatic rings. The molecular weight excluding hydrogens is 594 g/mol. The van der Waals surface area contributed by atoms with Gasteiger partial charge in [0.05, 0.1) is 27.7 Å². The van der Waals surface area contributed by atoms with Gasteiger partial charge in [-0.2, -0.15) is 0 Å². The number of benzene rings is 3. The van der Waals surface area contributed by atoms with Gasteiger partial charge < -0.3 is 19.5 Å². The van der Waals surface area contributed by atoms with Crippen LogP contribution < -0.4 is 14.4 Å². The second kappa shape index (κ2) is 13.4. The molecule has 38 heavy (non-hydrogen) atoms. The molecule has 12 heteroatoms. The molecule has 1 N–H and O–H groups in total. The van der Waals surface area contributed by atoms with Crippen molar-refractivity contribution in [2.45, 2.75) is 15.9 Å². The topological polar surface area (TPSA) is 79.3 Å². The second-order valence-electron chi connectivity index (χ2n) is 8.57. The van der Waals surface area contributed by atoms with Crippen molar-refractivity contribution >= 4 is 62.7 Å². The third-order valence-corrected chi connectivity index (χ3v) is 9.03. The summed E-state index contributed by atoms with van der Waals surface area (Å²) in [6.07, 6.45) is -0.876. The van der Waals surface area contributed by atoms with Crippen molar-refractivity contribution in [3.63, 3.8) is 0 Å². The molecule has 1 fully saturated rings. The number of rotatable bonds is 9. The van der Waals surface area contributed by atoms with E-state index >= 15 is 0 Å². The number of hydrogen-bond donors (Lipinski definition) is 1. The van der Waals surface area contributed by atoms with E-state index in [1.807, 2.05) is 24.3 Å². The van der Waals surface area contributed by atoms with Gasteiger partial charge in [0.1, 0.15) is 28.4 Å². The van der Waals surface area contributed by atoms with Gasteiger partial charge in [0.2, 0.25) is 9.84 Å². The lowest BCUT2D eigenvalue weighted by atomic mass is 10.2. The summed E-state index contributed by atoms with van der Waals surface area (Å²) in [6.45, 7) is 3.20. The van der Waals surface area contributed by atoms with Gasteiger partial charge in [-0.15, -0.1) is 12.4 Å². The molecule has 1 aliphatic heterocycles. The monoisotopic (exact) mass is 620 g/mol. The number of para-hydroxylation sites is 1. The number of β-amino-alcohol motifs (C(OH)–C–C–N with tert-alkyl or cyclic N) is 1. The number of anilines is 1. The fourth-order valence-electron chi connectivity index (χ4n) is 4.15. The largest absolute Gasteiger partial charge is 0.497 e. The minimum Gasteiger partial charge on any atom is -0.497 e. The Morgan fingerprint density at radius 3 is 2.21 bits per heavy atom. The predicted octanol–water partition coefficient (Wildman–Crippen LogP) is 5.47. The van der Waals surface area contributed by atoms with Gasteiger partial charge in [0.15, 0.2) is 5.75 Å². The number of aliphatic hydroxyl groups excluding tert-OH is 1. The summed E-state index contributed by atoms with van der Waals surface area (Å²) < 4.78 is 37.6. The Balaban J connectivity index is 0.00000400. The van der Waals surface area contributed by atoms with E-state index in [4.69, 9.17) is 44.3 Å². The average molecular weight is 622 g/mol. The molecule has 3 aromatic carbocycles. The molecule has 4 rings (SSSR count). The maximum absolute atomic E-state index is 13.3. The van der Waals surface area contributed by atoms with E-state index in [-0.39, 0.29) is 44.6 Å². The molecule has 0 aliphatic carbocycles. The van der Waals surface area contributed by atoms with E-state index in [2.05, 4.69) is 9.80 Å². The molecule has 0 aromatic heterocycles. The van der Waals surface area contributed by atoms with E-state index in [0.29, 0.717) is 17.3 Å². The lowest BCUT2D eigenvalue weighted by Gasteiger charge is -2.37. The van der Waals surface area contributed by atoms with Crippen LogP contribution in [0.5, 0.6) is 11.5 Å². The molecule has 1 unspecified atom stereocenters. The summed E-state index contributed by atoms with van der Waals surface area (Å²) in [7, 11) is -2.48. The number of nitrogens with zero attached hydrogens (tertiary/aromatic N) is 2. The zero-order chi connectivity index (χ0) is 26.6. The molecule has 0 saturated carbocycles. The van der Waals surface area contributed by atoms with Crippen LogP contribution in [-0.2, 0) is 9.84 Å². The number of sulfone groups is 1. The summed E-state index contributed by atoms with van der Waals surface area (Å²) in [5.74, 6) is 0.438. The third kappa shape index (κ3) is 6.99. The molecule has 1 atom stereocenters. The van der Waals surface area contributed by atoms with E-state index in [9.17, 15) is 13.5 Å². The molecular formula is C26H28Cl4N2O5S. The Morgan fingerprint density at radius 1 is 0.921 bits per heavy atom. The zero-order valence-corrected chi connectivity index (χ0v) is 24.4. The highest BCUT2D eigenvalue weighted by Gasteiger charge is 2.27. The van der Waals surface area contributed by atoms with Gasteiger partial charge in [0, 0.05) is 32.7 Å². The lowest BCUT2D eigenvalue weighted by Crippen LogP contribution is -2.49. The highest BCUT2D eigenvalue weighted by molar-refractivity contribution is 7.91. The average Bonchev–Trinajstić information content (AvgIpc) is 2.90. The van der Waals surface area contributed by atoms with Gasteiger partial charge in [-0.05, 0) is 48.5 Å². The molecule has 0 amide bonds. The first-order chi connectivity index (χ1) is 17.7. The van der Waals surface area contributed by atoms with Crippen LogP contribution in [0.2, 0.25) is 15.1 Å². The molecule has 1 aliphatic rings. The first kappa shape index (κ1) is 30.6. The predicted molar refractivity (Wildman–Crippen MR) is 154 cm³/mol. The minimum absolute atomic E-state index is 0. The number of methoxy groups -OCH3 is 1. The van der Waals surface area contributed by atoms with Crippen LogP contribution in [-0.4, -0.2) is 71.0 Å². The van der Waals surface area contributed by atoms with E-state index in [1.165, 1.54) is 31.4 Å². The van der Waals surface area contributed by atoms with Gasteiger partial charge >= 0.3 is 0 Å². The summed E-state index contributed by atoms with van der Waals surface area (Å²) in [6, 6.07) is 16.5. The van der Waals surface area contributed by atoms with Crippen molar-refractivity contribution in [2.75, 3.05) is 51.3 Å². The number of hydrogen-bond acceptors (Lipinski definition) is 7. The summed E-state index contributed by atoms with van der Waals surface area (Å²) >= 11 is 18.8. The van der Waals surface area contributed by atoms with Crippen LogP contribution in [0.3, 0.4) is 0 Å². The van der Waals surface area contributed by atoms with E-state index in [0.717, 1.165) is 31.9 Å². The van der Waals surface area contributed by atoms with Crippen LogP contribution in [0.1, 0.15) is 0 Å². The normalized spacial score (nSPS) is 15.0. The maximum atomic E-state index is 13.3. The number of aliphatic hydroxyl groups is 1. The van der Waals surface area contributed by atoms with Crippen LogP contribution in [0.15, 0.2) is 70.5 Å². The Kier molecular flexibility index (Phi) is 10.8. The third-order valence-electron chi connectivity index (χ3n) is 6.13. The standard InChI is InChI=1S/C26H27Cl3N2O5S.ClH/c1-35-19-6-8-20(9-7-19)37(33,34)24-11-10-22(28)25(29)26(24)36-17-18(32)16-30-12-14-31(15-13-30)23-5-3-2-4-21(23)27;/h2-11,18,32H,12-17H2,1H3;1H. The Bertz CT molecular complexity index is 1330. The van der Waals surface area contributed by atoms with Crippen molar-refractivity contribution in [1.82, 2.24) is 4.90 Å². The summed E-state index contributed by atoms with van der Waals surface area (Å²) in [4.78, 5) is 4.25. The van der Waals surface area contributed by atoms with Crippen molar-refractivity contribution in [3.8, 4) is 11.5 Å². The number of ether oxygens (including phenoxy) is 2. The van der Waals surface area contributed by atoms with Crippen LogP contribution in [0.25, 0.3) is 0 Å². The molecule has 0 bridgehead atoms.